The smallest absolute Gasteiger partial charge is 0.262 e. The van der Waals surface area contributed by atoms with E-state index < -0.39 is 0 Å². The molecule has 0 saturated carbocycles. The Balaban J connectivity index is 1.70. The first-order valence-corrected chi connectivity index (χ1v) is 9.66. The lowest BCUT2D eigenvalue weighted by atomic mass is 10.1. The summed E-state index contributed by atoms with van der Waals surface area (Å²) in [6.45, 7) is 4.21. The number of carbonyl (C=O) groups is 2. The van der Waals surface area contributed by atoms with E-state index in [9.17, 15) is 9.59 Å². The summed E-state index contributed by atoms with van der Waals surface area (Å²) in [4.78, 5) is 27.5. The van der Waals surface area contributed by atoms with E-state index in [2.05, 4.69) is 5.32 Å². The molecule has 0 bridgehead atoms. The minimum atomic E-state index is -0.275. The second-order valence-electron chi connectivity index (χ2n) is 6.74. The van der Waals surface area contributed by atoms with Crippen LogP contribution in [0.25, 0.3) is 0 Å². The molecule has 0 radical (unpaired) electrons. The van der Waals surface area contributed by atoms with E-state index in [4.69, 9.17) is 16.3 Å². The summed E-state index contributed by atoms with van der Waals surface area (Å²) in [6.07, 6.45) is 0. The number of hydrogen-bond acceptors (Lipinski definition) is 3. The quantitative estimate of drug-likeness (QED) is 0.609. The first-order valence-electron chi connectivity index (χ1n) is 9.28. The highest BCUT2D eigenvalue weighted by Crippen LogP contribution is 2.39. The number of hydrogen-bond donors (Lipinski definition) is 1. The van der Waals surface area contributed by atoms with Gasteiger partial charge in [0.2, 0.25) is 0 Å². The summed E-state index contributed by atoms with van der Waals surface area (Å²) < 4.78 is 5.98. The molecule has 146 valence electrons. The highest BCUT2D eigenvalue weighted by molar-refractivity contribution is 6.30. The Morgan fingerprint density at radius 3 is 2.62 bits per heavy atom. The Hall–Kier alpha value is -3.31. The number of carbonyl (C=O) groups excluding carboxylic acids is 2. The third-order valence-corrected chi connectivity index (χ3v) is 5.08. The van der Waals surface area contributed by atoms with Gasteiger partial charge in [0.05, 0.1) is 11.3 Å². The summed E-state index contributed by atoms with van der Waals surface area (Å²) >= 11 is 5.99. The molecule has 2 amide bonds. The van der Waals surface area contributed by atoms with Crippen LogP contribution in [0.15, 0.2) is 60.7 Å². The number of nitrogens with one attached hydrogen (secondary N) is 1. The van der Waals surface area contributed by atoms with Crippen molar-refractivity contribution in [1.29, 1.82) is 0 Å². The van der Waals surface area contributed by atoms with Crippen LogP contribution in [-0.2, 0) is 0 Å². The van der Waals surface area contributed by atoms with Crippen molar-refractivity contribution in [2.45, 2.75) is 13.8 Å². The summed E-state index contributed by atoms with van der Waals surface area (Å²) in [5.74, 6) is 0.601. The Kier molecular flexibility index (Phi) is 4.99. The number of para-hydroxylation sites is 1. The molecule has 0 aliphatic carbocycles. The van der Waals surface area contributed by atoms with Crippen LogP contribution >= 0.6 is 11.6 Å². The van der Waals surface area contributed by atoms with Crippen molar-refractivity contribution in [2.24, 2.45) is 0 Å². The van der Waals surface area contributed by atoms with Crippen LogP contribution in [0.2, 0.25) is 5.02 Å². The predicted octanol–water partition coefficient (Wildman–Crippen LogP) is 5.67. The number of amides is 2. The average molecular weight is 407 g/mol. The Morgan fingerprint density at radius 1 is 1.07 bits per heavy atom. The molecule has 6 heteroatoms. The highest BCUT2D eigenvalue weighted by Gasteiger charge is 2.27. The molecule has 1 heterocycles. The van der Waals surface area contributed by atoms with Gasteiger partial charge in [0, 0.05) is 22.8 Å². The molecule has 1 aliphatic rings. The number of rotatable bonds is 3. The van der Waals surface area contributed by atoms with E-state index >= 15 is 0 Å². The second-order valence-corrected chi connectivity index (χ2v) is 7.18. The molecule has 0 aromatic heterocycles. The van der Waals surface area contributed by atoms with Crippen molar-refractivity contribution in [3.63, 3.8) is 0 Å². The number of nitrogens with zero attached hydrogens (tertiary/aromatic N) is 1. The minimum Gasteiger partial charge on any atom is -0.454 e. The maximum absolute atomic E-state index is 13.0. The fraction of sp³-hybridized carbons (Fsp3) is 0.130. The summed E-state index contributed by atoms with van der Waals surface area (Å²) in [5.41, 5.74) is 3.03. The molecule has 0 atom stereocenters. The van der Waals surface area contributed by atoms with Crippen LogP contribution in [0.1, 0.15) is 33.2 Å². The van der Waals surface area contributed by atoms with Gasteiger partial charge in [-0.05, 0) is 67.9 Å². The topological polar surface area (TPSA) is 58.6 Å². The number of halogens is 1. The van der Waals surface area contributed by atoms with Gasteiger partial charge in [-0.15, -0.1) is 0 Å². The lowest BCUT2D eigenvalue weighted by Crippen LogP contribution is -2.30. The molecular weight excluding hydrogens is 388 g/mol. The van der Waals surface area contributed by atoms with E-state index in [0.29, 0.717) is 45.6 Å². The number of anilines is 2. The number of fused-ring (bicyclic) bond motifs is 2. The van der Waals surface area contributed by atoms with Crippen LogP contribution in [0.3, 0.4) is 0 Å². The van der Waals surface area contributed by atoms with Crippen LogP contribution in [-0.4, -0.2) is 18.4 Å². The fourth-order valence-corrected chi connectivity index (χ4v) is 3.56. The maximum Gasteiger partial charge on any atom is 0.262 e. The van der Waals surface area contributed by atoms with Gasteiger partial charge < -0.3 is 15.0 Å². The van der Waals surface area contributed by atoms with Crippen LogP contribution in [0, 0.1) is 6.92 Å². The molecule has 3 aromatic carbocycles. The zero-order valence-corrected chi connectivity index (χ0v) is 16.8. The van der Waals surface area contributed by atoms with Crippen molar-refractivity contribution in [2.75, 3.05) is 16.8 Å². The molecule has 3 aromatic rings. The SMILES string of the molecule is CCN1C(=O)c2ccccc2Oc2ccc(C(=O)Nc3ccc(Cl)cc3C)cc21. The molecule has 0 spiro atoms. The third kappa shape index (κ3) is 3.57. The maximum atomic E-state index is 13.0. The van der Waals surface area contributed by atoms with Crippen molar-refractivity contribution in [3.05, 3.63) is 82.4 Å². The van der Waals surface area contributed by atoms with Crippen molar-refractivity contribution in [1.82, 2.24) is 0 Å². The number of aryl methyl sites for hydroxylation is 1. The predicted molar refractivity (Wildman–Crippen MR) is 114 cm³/mol. The van der Waals surface area contributed by atoms with Gasteiger partial charge in [-0.3, -0.25) is 9.59 Å². The first kappa shape index (κ1) is 19.0. The molecule has 1 N–H and O–H groups in total. The molecule has 0 fully saturated rings. The van der Waals surface area contributed by atoms with Gasteiger partial charge in [-0.25, -0.2) is 0 Å². The molecule has 29 heavy (non-hydrogen) atoms. The Morgan fingerprint density at radius 2 is 1.86 bits per heavy atom. The van der Waals surface area contributed by atoms with Crippen LogP contribution < -0.4 is 15.0 Å². The van der Waals surface area contributed by atoms with E-state index in [0.717, 1.165) is 5.56 Å². The molecule has 0 saturated heterocycles. The minimum absolute atomic E-state index is 0.159. The van der Waals surface area contributed by atoms with Gasteiger partial charge in [0.25, 0.3) is 11.8 Å². The highest BCUT2D eigenvalue weighted by atomic mass is 35.5. The molecule has 4 rings (SSSR count). The van der Waals surface area contributed by atoms with Crippen LogP contribution in [0.4, 0.5) is 11.4 Å². The fourth-order valence-electron chi connectivity index (χ4n) is 3.34. The van der Waals surface area contributed by atoms with E-state index in [1.807, 2.05) is 19.9 Å². The third-order valence-electron chi connectivity index (χ3n) is 4.85. The Bertz CT molecular complexity index is 1130. The number of benzene rings is 3. The molecular formula is C23H19ClN2O3. The summed E-state index contributed by atoms with van der Waals surface area (Å²) in [6, 6.07) is 17.5. The van der Waals surface area contributed by atoms with Crippen molar-refractivity contribution >= 4 is 34.8 Å². The normalized spacial score (nSPS) is 12.5. The first-order chi connectivity index (χ1) is 14.0. The summed E-state index contributed by atoms with van der Waals surface area (Å²) in [5, 5.41) is 3.51. The van der Waals surface area contributed by atoms with Gasteiger partial charge in [0.1, 0.15) is 5.75 Å². The van der Waals surface area contributed by atoms with Gasteiger partial charge in [-0.2, -0.15) is 0 Å². The monoisotopic (exact) mass is 406 g/mol. The van der Waals surface area contributed by atoms with Gasteiger partial charge in [-0.1, -0.05) is 23.7 Å². The number of ether oxygens (including phenoxy) is 1. The largest absolute Gasteiger partial charge is 0.454 e. The van der Waals surface area contributed by atoms with E-state index in [1.54, 1.807) is 59.5 Å². The van der Waals surface area contributed by atoms with Gasteiger partial charge >= 0.3 is 0 Å². The Labute approximate surface area is 173 Å². The molecule has 0 unspecified atom stereocenters. The molecule has 1 aliphatic heterocycles. The summed E-state index contributed by atoms with van der Waals surface area (Å²) in [7, 11) is 0. The van der Waals surface area contributed by atoms with Crippen molar-refractivity contribution in [3.8, 4) is 11.5 Å². The van der Waals surface area contributed by atoms with Crippen molar-refractivity contribution < 1.29 is 14.3 Å². The van der Waals surface area contributed by atoms with Gasteiger partial charge in [0.15, 0.2) is 5.75 Å². The zero-order valence-electron chi connectivity index (χ0n) is 16.0. The van der Waals surface area contributed by atoms with E-state index in [1.165, 1.54) is 0 Å². The zero-order chi connectivity index (χ0) is 20.5. The lowest BCUT2D eigenvalue weighted by molar-refractivity contribution is 0.0985. The average Bonchev–Trinajstić information content (AvgIpc) is 2.83. The standard InChI is InChI=1S/C23H19ClN2O3/c1-3-26-19-13-15(22(27)25-18-10-9-16(24)12-14(18)2)8-11-21(19)29-20-7-5-4-6-17(20)23(26)28/h4-13H,3H2,1-2H3,(H,25,27). The van der Waals surface area contributed by atoms with E-state index in [-0.39, 0.29) is 11.8 Å². The molecule has 5 nitrogen and oxygen atoms in total. The van der Waals surface area contributed by atoms with Crippen LogP contribution in [0.5, 0.6) is 11.5 Å². The second kappa shape index (κ2) is 7.60. The lowest BCUT2D eigenvalue weighted by Gasteiger charge is -2.21.